The van der Waals surface area contributed by atoms with Crippen molar-refractivity contribution in [3.05, 3.63) is 52.3 Å². The fraction of sp³-hybridized carbons (Fsp3) is 0.353. The number of aryl methyl sites for hydroxylation is 2. The Morgan fingerprint density at radius 3 is 2.65 bits per heavy atom. The molecule has 1 aliphatic rings. The Bertz CT molecular complexity index is 779. The molecule has 1 aromatic carbocycles. The van der Waals surface area contributed by atoms with Crippen molar-refractivity contribution in [3.63, 3.8) is 0 Å². The molecule has 0 radical (unpaired) electrons. The SMILES string of the molecule is Cc1cc(C)n(CC(=O)N2CCc3ccc(C(=O)O)cc3C2)n1. The van der Waals surface area contributed by atoms with Crippen molar-refractivity contribution in [1.29, 1.82) is 0 Å². The molecule has 0 fully saturated rings. The number of aromatic nitrogens is 2. The van der Waals surface area contributed by atoms with Gasteiger partial charge in [0.15, 0.2) is 0 Å². The molecule has 120 valence electrons. The summed E-state index contributed by atoms with van der Waals surface area (Å²) < 4.78 is 1.71. The summed E-state index contributed by atoms with van der Waals surface area (Å²) in [5.41, 5.74) is 4.14. The molecule has 0 saturated carbocycles. The standard InChI is InChI=1S/C17H19N3O3/c1-11-7-12(2)20(18-11)10-16(21)19-6-5-13-3-4-14(17(22)23)8-15(13)9-19/h3-4,7-8H,5-6,9-10H2,1-2H3,(H,22,23). The van der Waals surface area contributed by atoms with Crippen LogP contribution >= 0.6 is 0 Å². The number of nitrogens with zero attached hydrogens (tertiary/aromatic N) is 3. The Balaban J connectivity index is 1.75. The number of rotatable bonds is 3. The van der Waals surface area contributed by atoms with Gasteiger partial charge in [-0.05, 0) is 49.6 Å². The molecular formula is C17H19N3O3. The molecule has 0 aliphatic carbocycles. The van der Waals surface area contributed by atoms with Gasteiger partial charge in [-0.2, -0.15) is 5.10 Å². The molecule has 0 spiro atoms. The van der Waals surface area contributed by atoms with Crippen molar-refractivity contribution in [3.8, 4) is 0 Å². The lowest BCUT2D eigenvalue weighted by molar-refractivity contribution is -0.133. The molecule has 2 aromatic rings. The van der Waals surface area contributed by atoms with Gasteiger partial charge in [0.2, 0.25) is 5.91 Å². The van der Waals surface area contributed by atoms with Crippen LogP contribution in [-0.4, -0.2) is 38.2 Å². The number of aromatic carboxylic acids is 1. The fourth-order valence-electron chi connectivity index (χ4n) is 2.97. The Labute approximate surface area is 134 Å². The summed E-state index contributed by atoms with van der Waals surface area (Å²) >= 11 is 0. The molecule has 6 nitrogen and oxygen atoms in total. The van der Waals surface area contributed by atoms with E-state index < -0.39 is 5.97 Å². The van der Waals surface area contributed by atoms with Crippen LogP contribution in [0.3, 0.4) is 0 Å². The zero-order valence-electron chi connectivity index (χ0n) is 13.2. The molecule has 1 amide bonds. The molecule has 0 bridgehead atoms. The second kappa shape index (κ2) is 5.87. The van der Waals surface area contributed by atoms with E-state index in [0.29, 0.717) is 13.1 Å². The predicted octanol–water partition coefficient (Wildman–Crippen LogP) is 1.78. The second-order valence-corrected chi connectivity index (χ2v) is 5.94. The van der Waals surface area contributed by atoms with Crippen LogP contribution in [0, 0.1) is 13.8 Å². The van der Waals surface area contributed by atoms with Crippen molar-refractivity contribution in [2.75, 3.05) is 6.54 Å². The number of hydrogen-bond donors (Lipinski definition) is 1. The van der Waals surface area contributed by atoms with Gasteiger partial charge in [0, 0.05) is 18.8 Å². The molecule has 1 aliphatic heterocycles. The van der Waals surface area contributed by atoms with Gasteiger partial charge in [-0.1, -0.05) is 6.07 Å². The summed E-state index contributed by atoms with van der Waals surface area (Å²) in [6.45, 7) is 5.15. The number of benzene rings is 1. The molecule has 6 heteroatoms. The minimum atomic E-state index is -0.945. The van der Waals surface area contributed by atoms with Crippen LogP contribution < -0.4 is 0 Å². The van der Waals surface area contributed by atoms with Crippen LogP contribution in [0.15, 0.2) is 24.3 Å². The maximum atomic E-state index is 12.5. The second-order valence-electron chi connectivity index (χ2n) is 5.94. The summed E-state index contributed by atoms with van der Waals surface area (Å²) in [4.78, 5) is 25.4. The average molecular weight is 313 g/mol. The lowest BCUT2D eigenvalue weighted by atomic mass is 9.97. The number of fused-ring (bicyclic) bond motifs is 1. The van der Waals surface area contributed by atoms with Crippen LogP contribution in [0.2, 0.25) is 0 Å². The van der Waals surface area contributed by atoms with E-state index in [1.807, 2.05) is 26.0 Å². The normalized spacial score (nSPS) is 13.7. The number of hydrogen-bond acceptors (Lipinski definition) is 3. The van der Waals surface area contributed by atoms with Gasteiger partial charge in [0.05, 0.1) is 11.3 Å². The van der Waals surface area contributed by atoms with Gasteiger partial charge in [-0.3, -0.25) is 9.48 Å². The number of carboxylic acid groups (broad SMARTS) is 1. The van der Waals surface area contributed by atoms with E-state index >= 15 is 0 Å². The third-order valence-corrected chi connectivity index (χ3v) is 4.21. The lowest BCUT2D eigenvalue weighted by Crippen LogP contribution is -2.38. The van der Waals surface area contributed by atoms with Gasteiger partial charge >= 0.3 is 5.97 Å². The van der Waals surface area contributed by atoms with Crippen molar-refractivity contribution >= 4 is 11.9 Å². The lowest BCUT2D eigenvalue weighted by Gasteiger charge is -2.29. The third kappa shape index (κ3) is 3.11. The van der Waals surface area contributed by atoms with Gasteiger partial charge < -0.3 is 10.0 Å². The molecule has 0 unspecified atom stereocenters. The van der Waals surface area contributed by atoms with E-state index in [-0.39, 0.29) is 18.0 Å². The molecular weight excluding hydrogens is 294 g/mol. The molecule has 23 heavy (non-hydrogen) atoms. The van der Waals surface area contributed by atoms with E-state index in [2.05, 4.69) is 5.10 Å². The average Bonchev–Trinajstić information content (AvgIpc) is 2.83. The first-order chi connectivity index (χ1) is 10.9. The van der Waals surface area contributed by atoms with E-state index in [9.17, 15) is 9.59 Å². The minimum absolute atomic E-state index is 0.00239. The Morgan fingerprint density at radius 2 is 2.00 bits per heavy atom. The quantitative estimate of drug-likeness (QED) is 0.937. The molecule has 3 rings (SSSR count). The van der Waals surface area contributed by atoms with E-state index in [4.69, 9.17) is 5.11 Å². The van der Waals surface area contributed by atoms with Gasteiger partial charge in [0.1, 0.15) is 6.54 Å². The smallest absolute Gasteiger partial charge is 0.335 e. The largest absolute Gasteiger partial charge is 0.478 e. The number of carboxylic acids is 1. The van der Waals surface area contributed by atoms with Gasteiger partial charge in [-0.25, -0.2) is 4.79 Å². The summed E-state index contributed by atoms with van der Waals surface area (Å²) in [5, 5.41) is 13.4. The summed E-state index contributed by atoms with van der Waals surface area (Å²) in [6, 6.07) is 7.08. The zero-order valence-corrected chi connectivity index (χ0v) is 13.2. The molecule has 0 atom stereocenters. The van der Waals surface area contributed by atoms with Crippen LogP contribution in [0.4, 0.5) is 0 Å². The van der Waals surface area contributed by atoms with Gasteiger partial charge in [-0.15, -0.1) is 0 Å². The topological polar surface area (TPSA) is 75.4 Å². The van der Waals surface area contributed by atoms with Crippen molar-refractivity contribution in [1.82, 2.24) is 14.7 Å². The van der Waals surface area contributed by atoms with Crippen LogP contribution in [-0.2, 0) is 24.3 Å². The highest BCUT2D eigenvalue weighted by atomic mass is 16.4. The molecule has 1 N–H and O–H groups in total. The fourth-order valence-corrected chi connectivity index (χ4v) is 2.97. The maximum absolute atomic E-state index is 12.5. The third-order valence-electron chi connectivity index (χ3n) is 4.21. The maximum Gasteiger partial charge on any atom is 0.335 e. The van der Waals surface area contributed by atoms with Crippen LogP contribution in [0.5, 0.6) is 0 Å². The number of carbonyl (C=O) groups is 2. The zero-order chi connectivity index (χ0) is 16.6. The molecule has 1 aromatic heterocycles. The first kappa shape index (κ1) is 15.3. The predicted molar refractivity (Wildman–Crippen MR) is 84.2 cm³/mol. The van der Waals surface area contributed by atoms with Crippen molar-refractivity contribution in [2.45, 2.75) is 33.4 Å². The monoisotopic (exact) mass is 313 g/mol. The Kier molecular flexibility index (Phi) is 3.90. The molecule has 0 saturated heterocycles. The highest BCUT2D eigenvalue weighted by Crippen LogP contribution is 2.21. The van der Waals surface area contributed by atoms with Crippen molar-refractivity contribution < 1.29 is 14.7 Å². The number of amides is 1. The van der Waals surface area contributed by atoms with Gasteiger partial charge in [0.25, 0.3) is 0 Å². The Morgan fingerprint density at radius 1 is 1.22 bits per heavy atom. The van der Waals surface area contributed by atoms with Crippen molar-refractivity contribution in [2.24, 2.45) is 0 Å². The Hall–Kier alpha value is -2.63. The summed E-state index contributed by atoms with van der Waals surface area (Å²) in [6.07, 6.45) is 0.748. The van der Waals surface area contributed by atoms with Crippen LogP contribution in [0.25, 0.3) is 0 Å². The first-order valence-corrected chi connectivity index (χ1v) is 7.58. The highest BCUT2D eigenvalue weighted by Gasteiger charge is 2.22. The summed E-state index contributed by atoms with van der Waals surface area (Å²) in [5.74, 6) is -0.943. The van der Waals surface area contributed by atoms with Crippen LogP contribution in [0.1, 0.15) is 32.9 Å². The molecule has 2 heterocycles. The minimum Gasteiger partial charge on any atom is -0.478 e. The summed E-state index contributed by atoms with van der Waals surface area (Å²) in [7, 11) is 0. The van der Waals surface area contributed by atoms with E-state index in [1.54, 1.807) is 21.7 Å². The van der Waals surface area contributed by atoms with E-state index in [1.165, 1.54) is 0 Å². The number of carbonyl (C=O) groups excluding carboxylic acids is 1. The first-order valence-electron chi connectivity index (χ1n) is 7.58. The van der Waals surface area contributed by atoms with E-state index in [0.717, 1.165) is 28.9 Å². The highest BCUT2D eigenvalue weighted by molar-refractivity contribution is 5.88.